The zero-order chi connectivity index (χ0) is 5.70. The van der Waals surface area contributed by atoms with E-state index in [0.717, 1.165) is 0 Å². The number of halogens is 1. The van der Waals surface area contributed by atoms with E-state index in [2.05, 4.69) is 15.9 Å². The van der Waals surface area contributed by atoms with Gasteiger partial charge in [0, 0.05) is 6.42 Å². The molecule has 2 heteroatoms. The molecule has 0 aliphatic rings. The van der Waals surface area contributed by atoms with E-state index in [1.165, 1.54) is 0 Å². The van der Waals surface area contributed by atoms with Crippen LogP contribution in [-0.2, 0) is 4.79 Å². The number of Topliss-reactive ketones (excluding diaryl/α,β-unsaturated/α-hetero) is 1. The molecule has 0 bridgehead atoms. The van der Waals surface area contributed by atoms with Crippen molar-refractivity contribution in [1.82, 2.24) is 0 Å². The molecule has 0 rings (SSSR count). The van der Waals surface area contributed by atoms with Crippen LogP contribution in [-0.4, -0.2) is 5.78 Å². The summed E-state index contributed by atoms with van der Waals surface area (Å²) in [6.45, 7) is 1.56. The minimum atomic E-state index is 0.190. The van der Waals surface area contributed by atoms with Crippen LogP contribution >= 0.6 is 15.9 Å². The maximum Gasteiger partial charge on any atom is 0.133 e. The highest BCUT2D eigenvalue weighted by molar-refractivity contribution is 9.11. The van der Waals surface area contributed by atoms with Crippen molar-refractivity contribution in [1.29, 1.82) is 0 Å². The van der Waals surface area contributed by atoms with Crippen LogP contribution in [0.4, 0.5) is 0 Å². The van der Waals surface area contributed by atoms with Gasteiger partial charge in [0.1, 0.15) is 5.78 Å². The van der Waals surface area contributed by atoms with Gasteiger partial charge in [0.15, 0.2) is 0 Å². The summed E-state index contributed by atoms with van der Waals surface area (Å²) in [4.78, 5) is 11.8. The minimum Gasteiger partial charge on any atom is -0.300 e. The molecule has 0 N–H and O–H groups in total. The van der Waals surface area contributed by atoms with Gasteiger partial charge >= 0.3 is 0 Å². The molecule has 0 fully saturated rings. The minimum absolute atomic E-state index is 0.190. The van der Waals surface area contributed by atoms with Crippen LogP contribution in [0, 0.1) is 0 Å². The summed E-state index contributed by atoms with van der Waals surface area (Å²) in [5.41, 5.74) is 0. The Kier molecular flexibility index (Phi) is 4.00. The van der Waals surface area contributed by atoms with Gasteiger partial charge in [0.2, 0.25) is 0 Å². The lowest BCUT2D eigenvalue weighted by Gasteiger charge is -1.77. The van der Waals surface area contributed by atoms with Crippen LogP contribution in [0.15, 0.2) is 11.1 Å². The summed E-state index contributed by atoms with van der Waals surface area (Å²) >= 11 is 3.05. The first-order valence-corrected chi connectivity index (χ1v) is 2.93. The van der Waals surface area contributed by atoms with Crippen LogP contribution in [0.5, 0.6) is 0 Å². The Balaban J connectivity index is 3.14. The van der Waals surface area contributed by atoms with Crippen molar-refractivity contribution in [2.24, 2.45) is 0 Å². The highest BCUT2D eigenvalue weighted by Crippen LogP contribution is 1.87. The topological polar surface area (TPSA) is 17.1 Å². The van der Waals surface area contributed by atoms with Crippen molar-refractivity contribution in [2.45, 2.75) is 13.3 Å². The molecule has 0 spiro atoms. The van der Waals surface area contributed by atoms with E-state index >= 15 is 0 Å². The Morgan fingerprint density at radius 2 is 2.43 bits per heavy atom. The molecule has 40 valence electrons. The van der Waals surface area contributed by atoms with E-state index in [9.17, 15) is 4.79 Å². The number of carbonyl (C=O) groups excluding carboxylic acids is 1. The number of rotatable bonds is 2. The fourth-order valence-electron chi connectivity index (χ4n) is 0.211. The molecule has 7 heavy (non-hydrogen) atoms. The lowest BCUT2D eigenvalue weighted by Crippen LogP contribution is -1.82. The molecule has 0 aromatic rings. The average Bonchev–Trinajstić information content (AvgIpc) is 1.61. The summed E-state index contributed by atoms with van der Waals surface area (Å²) in [6.07, 6.45) is 2.30. The molecule has 0 aliphatic heterocycles. The Morgan fingerprint density at radius 1 is 1.86 bits per heavy atom. The highest BCUT2D eigenvalue weighted by atomic mass is 79.9. The fraction of sp³-hybridized carbons (Fsp3) is 0.400. The fourth-order valence-corrected chi connectivity index (χ4v) is 0.397. The van der Waals surface area contributed by atoms with Crippen LogP contribution in [0.1, 0.15) is 13.3 Å². The van der Waals surface area contributed by atoms with Gasteiger partial charge in [-0.3, -0.25) is 4.79 Å². The van der Waals surface area contributed by atoms with Gasteiger partial charge in [-0.1, -0.05) is 22.0 Å². The summed E-state index contributed by atoms with van der Waals surface area (Å²) in [5, 5.41) is 0. The summed E-state index contributed by atoms with van der Waals surface area (Å²) < 4.78 is 0. The molecule has 0 aliphatic carbocycles. The zero-order valence-corrected chi connectivity index (χ0v) is 5.73. The van der Waals surface area contributed by atoms with Crippen LogP contribution < -0.4 is 0 Å². The average molecular weight is 163 g/mol. The molecule has 1 nitrogen and oxygen atoms in total. The maximum atomic E-state index is 10.1. The van der Waals surface area contributed by atoms with Gasteiger partial charge in [0.05, 0.1) is 0 Å². The van der Waals surface area contributed by atoms with Gasteiger partial charge in [-0.2, -0.15) is 0 Å². The first-order valence-electron chi connectivity index (χ1n) is 2.02. The van der Waals surface area contributed by atoms with Crippen molar-refractivity contribution < 1.29 is 4.79 Å². The molecular formula is C5H7BrO. The van der Waals surface area contributed by atoms with Crippen LogP contribution in [0.25, 0.3) is 0 Å². The van der Waals surface area contributed by atoms with Gasteiger partial charge < -0.3 is 0 Å². The second-order valence-corrected chi connectivity index (χ2v) is 1.80. The number of carbonyl (C=O) groups is 1. The quantitative estimate of drug-likeness (QED) is 0.607. The third kappa shape index (κ3) is 5.89. The Hall–Kier alpha value is -0.110. The van der Waals surface area contributed by atoms with E-state index in [1.807, 2.05) is 0 Å². The number of hydrogen-bond acceptors (Lipinski definition) is 1. The van der Waals surface area contributed by atoms with Gasteiger partial charge in [-0.25, -0.2) is 0 Å². The van der Waals surface area contributed by atoms with Crippen molar-refractivity contribution in [3.05, 3.63) is 11.1 Å². The number of hydrogen-bond donors (Lipinski definition) is 0. The molecule has 0 saturated carbocycles. The molecular weight excluding hydrogens is 156 g/mol. The molecule has 0 unspecified atom stereocenters. The SMILES string of the molecule is CC(=O)CC=CBr. The van der Waals surface area contributed by atoms with Crippen LogP contribution in [0.3, 0.4) is 0 Å². The Bertz CT molecular complexity index is 86.1. The van der Waals surface area contributed by atoms with E-state index in [-0.39, 0.29) is 5.78 Å². The monoisotopic (exact) mass is 162 g/mol. The lowest BCUT2D eigenvalue weighted by molar-refractivity contribution is -0.116. The molecule has 0 atom stereocenters. The van der Waals surface area contributed by atoms with Crippen molar-refractivity contribution >= 4 is 21.7 Å². The standard InChI is InChI=1S/C5H7BrO/c1-5(7)3-2-4-6/h2,4H,3H2,1H3. The molecule has 0 saturated heterocycles. The molecule has 0 radical (unpaired) electrons. The third-order valence-corrected chi connectivity index (χ3v) is 0.868. The Labute approximate surface area is 51.5 Å². The normalized spacial score (nSPS) is 10.0. The predicted octanol–water partition coefficient (Wildman–Crippen LogP) is 1.87. The first kappa shape index (κ1) is 6.89. The summed E-state index contributed by atoms with van der Waals surface area (Å²) in [7, 11) is 0. The Morgan fingerprint density at radius 3 is 2.57 bits per heavy atom. The molecule has 0 aromatic heterocycles. The number of allylic oxidation sites excluding steroid dienone is 1. The second-order valence-electron chi connectivity index (χ2n) is 1.27. The van der Waals surface area contributed by atoms with Gasteiger partial charge in [-0.05, 0) is 11.9 Å². The highest BCUT2D eigenvalue weighted by Gasteiger charge is 1.82. The van der Waals surface area contributed by atoms with Crippen LogP contribution in [0.2, 0.25) is 0 Å². The first-order chi connectivity index (χ1) is 3.27. The molecule has 0 amide bonds. The van der Waals surface area contributed by atoms with E-state index in [4.69, 9.17) is 0 Å². The smallest absolute Gasteiger partial charge is 0.133 e. The van der Waals surface area contributed by atoms with Crippen molar-refractivity contribution in [3.8, 4) is 0 Å². The summed E-state index contributed by atoms with van der Waals surface area (Å²) in [5.74, 6) is 0.190. The predicted molar refractivity (Wildman–Crippen MR) is 33.4 cm³/mol. The summed E-state index contributed by atoms with van der Waals surface area (Å²) in [6, 6.07) is 0. The van der Waals surface area contributed by atoms with Crippen molar-refractivity contribution in [2.75, 3.05) is 0 Å². The van der Waals surface area contributed by atoms with E-state index in [0.29, 0.717) is 6.42 Å². The van der Waals surface area contributed by atoms with Crippen molar-refractivity contribution in [3.63, 3.8) is 0 Å². The zero-order valence-electron chi connectivity index (χ0n) is 4.15. The van der Waals surface area contributed by atoms with E-state index < -0.39 is 0 Å². The maximum absolute atomic E-state index is 10.1. The van der Waals surface area contributed by atoms with Gasteiger partial charge in [0.25, 0.3) is 0 Å². The number of ketones is 1. The van der Waals surface area contributed by atoms with Gasteiger partial charge in [-0.15, -0.1) is 0 Å². The lowest BCUT2D eigenvalue weighted by atomic mass is 10.3. The largest absolute Gasteiger partial charge is 0.300 e. The molecule has 0 aromatic carbocycles. The van der Waals surface area contributed by atoms with E-state index in [1.54, 1.807) is 18.0 Å². The second kappa shape index (κ2) is 4.06. The molecule has 0 heterocycles. The third-order valence-electron chi connectivity index (χ3n) is 0.494.